The lowest BCUT2D eigenvalue weighted by Gasteiger charge is -2.27. The van der Waals surface area contributed by atoms with Crippen LogP contribution in [-0.2, 0) is 19.7 Å². The smallest absolute Gasteiger partial charge is 0.206 e. The second kappa shape index (κ2) is 13.8. The van der Waals surface area contributed by atoms with Crippen LogP contribution in [0.1, 0.15) is 56.1 Å². The SMILES string of the molecule is CC1CNCC[C@@H]2[C@@H]1c1cc(S(=O)(=O)c3ccccc3)ccc1N2C.CC1C[C@H]2c3cc(S(=O)(=O)c4ccccc4)ccc3N(C)[C@@H]2CCN1. The molecule has 264 valence electrons. The van der Waals surface area contributed by atoms with Gasteiger partial charge in [0.15, 0.2) is 0 Å². The number of nitrogens with one attached hydrogen (secondary N) is 2. The van der Waals surface area contributed by atoms with E-state index in [1.165, 1.54) is 22.5 Å². The molecule has 10 heteroatoms. The first-order valence-electron chi connectivity index (χ1n) is 17.8. The molecule has 0 aliphatic carbocycles. The molecule has 4 aliphatic heterocycles. The first-order chi connectivity index (χ1) is 24.0. The van der Waals surface area contributed by atoms with Gasteiger partial charge in [0, 0.05) is 55.4 Å². The van der Waals surface area contributed by atoms with Crippen LogP contribution in [0.2, 0.25) is 0 Å². The molecule has 2 unspecified atom stereocenters. The average Bonchev–Trinajstić information content (AvgIpc) is 3.33. The van der Waals surface area contributed by atoms with Gasteiger partial charge in [-0.05, 0) is 124 Å². The number of hydrogen-bond donors (Lipinski definition) is 2. The van der Waals surface area contributed by atoms with E-state index in [2.05, 4.69) is 48.4 Å². The molecule has 0 aromatic heterocycles. The Morgan fingerprint density at radius 2 is 1.14 bits per heavy atom. The molecule has 0 spiro atoms. The van der Waals surface area contributed by atoms with E-state index in [9.17, 15) is 16.8 Å². The van der Waals surface area contributed by atoms with Gasteiger partial charge in [-0.25, -0.2) is 16.8 Å². The van der Waals surface area contributed by atoms with E-state index in [0.717, 1.165) is 38.9 Å². The monoisotopic (exact) mass is 712 g/mol. The standard InChI is InChI=1S/2C20H24N2O2S/c1-14-13-21-11-10-19-20(14)17-12-16(8-9-18(17)22(19)2)25(23,24)15-6-4-3-5-7-15;1-14-12-17-18-13-16(25(23,24)15-6-4-3-5-7-15)8-9-19(18)22(2)20(17)10-11-21-14/h3-9,12,14,19-21H,10-11,13H2,1-2H3;3-9,13-14,17,20-21H,10-12H2,1-2H3/t14?,19-,20+;14?,17-,20+/m10/s1. The van der Waals surface area contributed by atoms with E-state index in [0.29, 0.717) is 55.5 Å². The summed E-state index contributed by atoms with van der Waals surface area (Å²) in [6.45, 7) is 7.47. The first kappa shape index (κ1) is 34.7. The van der Waals surface area contributed by atoms with Crippen LogP contribution in [-0.4, -0.2) is 68.7 Å². The zero-order valence-electron chi connectivity index (χ0n) is 29.3. The van der Waals surface area contributed by atoms with E-state index < -0.39 is 19.7 Å². The molecule has 0 amide bonds. The minimum absolute atomic E-state index is 0.355. The highest BCUT2D eigenvalue weighted by molar-refractivity contribution is 7.91. The summed E-state index contributed by atoms with van der Waals surface area (Å²) in [5, 5.41) is 7.05. The Labute approximate surface area is 297 Å². The molecule has 0 bridgehead atoms. The van der Waals surface area contributed by atoms with Crippen molar-refractivity contribution in [2.45, 2.75) is 82.7 Å². The third-order valence-electron chi connectivity index (χ3n) is 11.4. The molecule has 2 saturated heterocycles. The topological polar surface area (TPSA) is 98.8 Å². The molecule has 50 heavy (non-hydrogen) atoms. The van der Waals surface area contributed by atoms with Crippen molar-refractivity contribution in [1.82, 2.24) is 10.6 Å². The van der Waals surface area contributed by atoms with Crippen LogP contribution in [0.3, 0.4) is 0 Å². The number of nitrogens with zero attached hydrogens (tertiary/aromatic N) is 2. The summed E-state index contributed by atoms with van der Waals surface area (Å²) < 4.78 is 52.0. The van der Waals surface area contributed by atoms with Crippen LogP contribution in [0, 0.1) is 5.92 Å². The Kier molecular flexibility index (Phi) is 9.58. The van der Waals surface area contributed by atoms with Crippen molar-refractivity contribution in [3.63, 3.8) is 0 Å². The van der Waals surface area contributed by atoms with E-state index in [4.69, 9.17) is 0 Å². The number of fused-ring (bicyclic) bond motifs is 6. The van der Waals surface area contributed by atoms with Gasteiger partial charge in [-0.2, -0.15) is 0 Å². The van der Waals surface area contributed by atoms with E-state index in [-0.39, 0.29) is 0 Å². The molecule has 0 radical (unpaired) electrons. The van der Waals surface area contributed by atoms with Crippen molar-refractivity contribution in [3.8, 4) is 0 Å². The number of anilines is 2. The summed E-state index contributed by atoms with van der Waals surface area (Å²) in [7, 11) is -2.69. The maximum atomic E-state index is 13.0. The second-order valence-corrected chi connectivity index (χ2v) is 18.3. The Bertz CT molecular complexity index is 2060. The van der Waals surface area contributed by atoms with Crippen LogP contribution >= 0.6 is 0 Å². The first-order valence-corrected chi connectivity index (χ1v) is 20.7. The number of sulfone groups is 2. The summed E-state index contributed by atoms with van der Waals surface area (Å²) in [6.07, 6.45) is 3.21. The van der Waals surface area contributed by atoms with Gasteiger partial charge in [0.05, 0.1) is 19.6 Å². The van der Waals surface area contributed by atoms with Gasteiger partial charge in [-0.3, -0.25) is 0 Å². The van der Waals surface area contributed by atoms with E-state index >= 15 is 0 Å². The maximum absolute atomic E-state index is 13.0. The summed E-state index contributed by atoms with van der Waals surface area (Å²) in [6, 6.07) is 30.0. The van der Waals surface area contributed by atoms with Gasteiger partial charge in [0.2, 0.25) is 19.7 Å². The molecule has 8 rings (SSSR count). The van der Waals surface area contributed by atoms with Crippen LogP contribution in [0.25, 0.3) is 0 Å². The van der Waals surface area contributed by atoms with Crippen molar-refractivity contribution in [1.29, 1.82) is 0 Å². The van der Waals surface area contributed by atoms with Crippen molar-refractivity contribution in [3.05, 3.63) is 108 Å². The summed E-state index contributed by atoms with van der Waals surface area (Å²) in [5.74, 6) is 1.24. The largest absolute Gasteiger partial charge is 0.371 e. The quantitative estimate of drug-likeness (QED) is 0.257. The lowest BCUT2D eigenvalue weighted by atomic mass is 9.84. The highest BCUT2D eigenvalue weighted by atomic mass is 32.2. The lowest BCUT2D eigenvalue weighted by Crippen LogP contribution is -2.32. The molecular formula is C40H48N4O4S2. The highest BCUT2D eigenvalue weighted by Crippen LogP contribution is 2.48. The van der Waals surface area contributed by atoms with Crippen molar-refractivity contribution in [2.24, 2.45) is 5.92 Å². The summed E-state index contributed by atoms with van der Waals surface area (Å²) in [4.78, 5) is 6.18. The summed E-state index contributed by atoms with van der Waals surface area (Å²) in [5.41, 5.74) is 4.72. The Balaban J connectivity index is 0.000000157. The zero-order chi connectivity index (χ0) is 35.2. The average molecular weight is 713 g/mol. The molecular weight excluding hydrogens is 665 g/mol. The molecule has 8 nitrogen and oxygen atoms in total. The van der Waals surface area contributed by atoms with Crippen LogP contribution < -0.4 is 20.4 Å². The van der Waals surface area contributed by atoms with Crippen LogP contribution in [0.4, 0.5) is 11.4 Å². The normalized spacial score (nSPS) is 26.0. The van der Waals surface area contributed by atoms with E-state index in [1.807, 2.05) is 36.4 Å². The van der Waals surface area contributed by atoms with Crippen molar-refractivity contribution >= 4 is 31.0 Å². The van der Waals surface area contributed by atoms with Gasteiger partial charge in [0.25, 0.3) is 0 Å². The molecule has 2 N–H and O–H groups in total. The minimum atomic E-state index is -3.48. The molecule has 4 aromatic rings. The van der Waals surface area contributed by atoms with Crippen molar-refractivity contribution < 1.29 is 16.8 Å². The highest BCUT2D eigenvalue weighted by Gasteiger charge is 2.41. The lowest BCUT2D eigenvalue weighted by molar-refractivity contribution is 0.424. The van der Waals surface area contributed by atoms with Gasteiger partial charge in [-0.15, -0.1) is 0 Å². The summed E-state index contributed by atoms with van der Waals surface area (Å²) >= 11 is 0. The molecule has 4 heterocycles. The fourth-order valence-corrected chi connectivity index (χ4v) is 11.4. The predicted octanol–water partition coefficient (Wildman–Crippen LogP) is 6.24. The Morgan fingerprint density at radius 3 is 1.74 bits per heavy atom. The zero-order valence-corrected chi connectivity index (χ0v) is 30.9. The third kappa shape index (κ3) is 6.25. The van der Waals surface area contributed by atoms with Crippen LogP contribution in [0.5, 0.6) is 0 Å². The predicted molar refractivity (Wildman–Crippen MR) is 200 cm³/mol. The molecule has 4 aliphatic rings. The molecule has 0 saturated carbocycles. The van der Waals surface area contributed by atoms with E-state index in [1.54, 1.807) is 60.7 Å². The third-order valence-corrected chi connectivity index (χ3v) is 14.9. The molecule has 6 atom stereocenters. The second-order valence-electron chi connectivity index (χ2n) is 14.4. The molecule has 2 fully saturated rings. The molecule has 4 aromatic carbocycles. The number of benzene rings is 4. The Morgan fingerprint density at radius 1 is 0.620 bits per heavy atom. The fourth-order valence-electron chi connectivity index (χ4n) is 8.75. The number of rotatable bonds is 4. The van der Waals surface area contributed by atoms with Gasteiger partial charge >= 0.3 is 0 Å². The van der Waals surface area contributed by atoms with Gasteiger partial charge in [-0.1, -0.05) is 43.3 Å². The fraction of sp³-hybridized carbons (Fsp3) is 0.400. The number of likely N-dealkylation sites (N-methyl/N-ethyl adjacent to an activating group) is 2. The van der Waals surface area contributed by atoms with Crippen molar-refractivity contribution in [2.75, 3.05) is 43.5 Å². The van der Waals surface area contributed by atoms with Crippen LogP contribution in [0.15, 0.2) is 117 Å². The van der Waals surface area contributed by atoms with Gasteiger partial charge in [0.1, 0.15) is 0 Å². The Hall–Kier alpha value is -3.70. The minimum Gasteiger partial charge on any atom is -0.371 e. The number of hydrogen-bond acceptors (Lipinski definition) is 8. The van der Waals surface area contributed by atoms with Gasteiger partial charge < -0.3 is 20.4 Å². The maximum Gasteiger partial charge on any atom is 0.206 e.